The summed E-state index contributed by atoms with van der Waals surface area (Å²) >= 11 is 3.42. The molecule has 3 aromatic rings. The normalized spacial score (nSPS) is 11.2. The molecule has 0 saturated carbocycles. The van der Waals surface area contributed by atoms with Crippen molar-refractivity contribution >= 4 is 39.0 Å². The number of nitrogens with one attached hydrogen (secondary N) is 1. The maximum atomic E-state index is 12.5. The molecule has 1 heterocycles. The Morgan fingerprint density at radius 1 is 1.26 bits per heavy atom. The Kier molecular flexibility index (Phi) is 4.52. The SMILES string of the molecule is CCn1c(N/N=C\c2cccc(Br)c2)nc2ccccc2c1=O. The molecule has 0 fully saturated rings. The molecule has 1 N–H and O–H groups in total. The number of hydrazone groups is 1. The van der Waals surface area contributed by atoms with Gasteiger partial charge in [-0.25, -0.2) is 10.4 Å². The van der Waals surface area contributed by atoms with Crippen molar-refractivity contribution in [3.8, 4) is 0 Å². The number of nitrogens with zero attached hydrogens (tertiary/aromatic N) is 3. The highest BCUT2D eigenvalue weighted by Crippen LogP contribution is 2.12. The number of aromatic nitrogens is 2. The van der Waals surface area contributed by atoms with Crippen molar-refractivity contribution in [2.75, 3.05) is 5.43 Å². The van der Waals surface area contributed by atoms with Crippen LogP contribution in [0.25, 0.3) is 10.9 Å². The smallest absolute Gasteiger partial charge is 0.262 e. The molecule has 0 atom stereocenters. The molecule has 5 nitrogen and oxygen atoms in total. The first-order chi connectivity index (χ1) is 11.2. The second-order valence-corrected chi connectivity index (χ2v) is 5.84. The third kappa shape index (κ3) is 3.32. The van der Waals surface area contributed by atoms with Crippen molar-refractivity contribution in [2.24, 2.45) is 5.10 Å². The fraction of sp³-hybridized carbons (Fsp3) is 0.118. The largest absolute Gasteiger partial charge is 0.277 e. The van der Waals surface area contributed by atoms with Gasteiger partial charge in [-0.1, -0.05) is 40.2 Å². The average Bonchev–Trinajstić information content (AvgIpc) is 2.55. The van der Waals surface area contributed by atoms with Crippen LogP contribution in [0.5, 0.6) is 0 Å². The van der Waals surface area contributed by atoms with Gasteiger partial charge in [-0.15, -0.1) is 0 Å². The average molecular weight is 371 g/mol. The van der Waals surface area contributed by atoms with Crippen LogP contribution in [-0.2, 0) is 6.54 Å². The van der Waals surface area contributed by atoms with Crippen molar-refractivity contribution in [2.45, 2.75) is 13.5 Å². The van der Waals surface area contributed by atoms with Crippen molar-refractivity contribution < 1.29 is 0 Å². The lowest BCUT2D eigenvalue weighted by Gasteiger charge is -2.10. The first-order valence-electron chi connectivity index (χ1n) is 7.23. The van der Waals surface area contributed by atoms with Gasteiger partial charge in [-0.05, 0) is 36.8 Å². The van der Waals surface area contributed by atoms with Gasteiger partial charge in [0.1, 0.15) is 0 Å². The summed E-state index contributed by atoms with van der Waals surface area (Å²) in [5, 5.41) is 4.80. The second kappa shape index (κ2) is 6.75. The van der Waals surface area contributed by atoms with E-state index in [0.717, 1.165) is 10.0 Å². The Labute approximate surface area is 141 Å². The van der Waals surface area contributed by atoms with Gasteiger partial charge in [0.25, 0.3) is 5.56 Å². The third-order valence-electron chi connectivity index (χ3n) is 3.40. The molecule has 23 heavy (non-hydrogen) atoms. The molecule has 0 spiro atoms. The molecule has 0 bridgehead atoms. The van der Waals surface area contributed by atoms with Gasteiger partial charge in [-0.3, -0.25) is 9.36 Å². The van der Waals surface area contributed by atoms with Gasteiger partial charge < -0.3 is 0 Å². The fourth-order valence-electron chi connectivity index (χ4n) is 2.30. The standard InChI is InChI=1S/C17H15BrN4O/c1-2-22-16(23)14-8-3-4-9-15(14)20-17(22)21-19-11-12-6-5-7-13(18)10-12/h3-11H,2H2,1H3,(H,20,21)/b19-11-. The molecule has 0 aliphatic carbocycles. The minimum Gasteiger partial charge on any atom is -0.277 e. The number of anilines is 1. The van der Waals surface area contributed by atoms with Crippen molar-refractivity contribution in [1.82, 2.24) is 9.55 Å². The molecule has 0 unspecified atom stereocenters. The zero-order valence-corrected chi connectivity index (χ0v) is 14.1. The van der Waals surface area contributed by atoms with Gasteiger partial charge >= 0.3 is 0 Å². The predicted octanol–water partition coefficient (Wildman–Crippen LogP) is 3.62. The van der Waals surface area contributed by atoms with E-state index < -0.39 is 0 Å². The fourth-order valence-corrected chi connectivity index (χ4v) is 2.72. The Bertz CT molecular complexity index is 933. The molecule has 116 valence electrons. The van der Waals surface area contributed by atoms with E-state index in [1.807, 2.05) is 49.4 Å². The zero-order valence-electron chi connectivity index (χ0n) is 12.5. The summed E-state index contributed by atoms with van der Waals surface area (Å²) in [6.45, 7) is 2.42. The highest BCUT2D eigenvalue weighted by molar-refractivity contribution is 9.10. The number of halogens is 1. The number of benzene rings is 2. The Balaban J connectivity index is 1.95. The molecule has 2 aromatic carbocycles. The van der Waals surface area contributed by atoms with E-state index in [1.165, 1.54) is 0 Å². The van der Waals surface area contributed by atoms with Crippen LogP contribution in [0.4, 0.5) is 5.95 Å². The Hall–Kier alpha value is -2.47. The number of rotatable bonds is 4. The molecule has 6 heteroatoms. The highest BCUT2D eigenvalue weighted by atomic mass is 79.9. The minimum atomic E-state index is -0.0711. The van der Waals surface area contributed by atoms with E-state index in [0.29, 0.717) is 23.4 Å². The molecular weight excluding hydrogens is 356 g/mol. The predicted molar refractivity (Wildman–Crippen MR) is 97.0 cm³/mol. The number of fused-ring (bicyclic) bond motifs is 1. The molecule has 0 aliphatic heterocycles. The lowest BCUT2D eigenvalue weighted by Crippen LogP contribution is -2.23. The highest BCUT2D eigenvalue weighted by Gasteiger charge is 2.08. The van der Waals surface area contributed by atoms with Crippen molar-refractivity contribution in [3.05, 3.63) is 68.9 Å². The summed E-state index contributed by atoms with van der Waals surface area (Å²) in [5.74, 6) is 0.433. The summed E-state index contributed by atoms with van der Waals surface area (Å²) in [4.78, 5) is 17.0. The number of hydrogen-bond donors (Lipinski definition) is 1. The summed E-state index contributed by atoms with van der Waals surface area (Å²) < 4.78 is 2.55. The Morgan fingerprint density at radius 3 is 2.87 bits per heavy atom. The zero-order chi connectivity index (χ0) is 16.2. The quantitative estimate of drug-likeness (QED) is 0.563. The first-order valence-corrected chi connectivity index (χ1v) is 8.02. The molecular formula is C17H15BrN4O. The summed E-state index contributed by atoms with van der Waals surface area (Å²) in [7, 11) is 0. The van der Waals surface area contributed by atoms with Crippen LogP contribution >= 0.6 is 15.9 Å². The molecule has 0 amide bonds. The van der Waals surface area contributed by atoms with E-state index in [9.17, 15) is 4.79 Å². The molecule has 1 aromatic heterocycles. The summed E-state index contributed by atoms with van der Waals surface area (Å²) in [5.41, 5.74) is 4.40. The van der Waals surface area contributed by atoms with E-state index in [2.05, 4.69) is 31.4 Å². The van der Waals surface area contributed by atoms with E-state index in [-0.39, 0.29) is 5.56 Å². The topological polar surface area (TPSA) is 59.3 Å². The Morgan fingerprint density at radius 2 is 2.09 bits per heavy atom. The van der Waals surface area contributed by atoms with Crippen LogP contribution in [0.3, 0.4) is 0 Å². The van der Waals surface area contributed by atoms with Crippen LogP contribution in [0.15, 0.2) is 62.9 Å². The van der Waals surface area contributed by atoms with Crippen molar-refractivity contribution in [1.29, 1.82) is 0 Å². The molecule has 0 radical (unpaired) electrons. The van der Waals surface area contributed by atoms with Gasteiger partial charge in [0, 0.05) is 11.0 Å². The lowest BCUT2D eigenvalue weighted by molar-refractivity contribution is 0.724. The maximum Gasteiger partial charge on any atom is 0.262 e. The van der Waals surface area contributed by atoms with Gasteiger partial charge in [0.15, 0.2) is 0 Å². The van der Waals surface area contributed by atoms with Gasteiger partial charge in [0.05, 0.1) is 17.1 Å². The second-order valence-electron chi connectivity index (χ2n) is 4.93. The third-order valence-corrected chi connectivity index (χ3v) is 3.90. The minimum absolute atomic E-state index is 0.0711. The number of hydrogen-bond acceptors (Lipinski definition) is 4. The van der Waals surface area contributed by atoms with Crippen LogP contribution in [0.1, 0.15) is 12.5 Å². The lowest BCUT2D eigenvalue weighted by atomic mass is 10.2. The van der Waals surface area contributed by atoms with Crippen LogP contribution in [0.2, 0.25) is 0 Å². The van der Waals surface area contributed by atoms with Gasteiger partial charge in [0.2, 0.25) is 5.95 Å². The summed E-state index contributed by atoms with van der Waals surface area (Å²) in [6, 6.07) is 15.1. The van der Waals surface area contributed by atoms with E-state index in [1.54, 1.807) is 16.8 Å². The van der Waals surface area contributed by atoms with Crippen LogP contribution < -0.4 is 11.0 Å². The molecule has 0 aliphatic rings. The summed E-state index contributed by atoms with van der Waals surface area (Å²) in [6.07, 6.45) is 1.69. The monoisotopic (exact) mass is 370 g/mol. The van der Waals surface area contributed by atoms with E-state index in [4.69, 9.17) is 0 Å². The van der Waals surface area contributed by atoms with Crippen molar-refractivity contribution in [3.63, 3.8) is 0 Å². The first kappa shape index (κ1) is 15.4. The van der Waals surface area contributed by atoms with Crippen LogP contribution in [-0.4, -0.2) is 15.8 Å². The van der Waals surface area contributed by atoms with Gasteiger partial charge in [-0.2, -0.15) is 5.10 Å². The molecule has 0 saturated heterocycles. The molecule has 3 rings (SSSR count). The maximum absolute atomic E-state index is 12.5. The van der Waals surface area contributed by atoms with Crippen LogP contribution in [0, 0.1) is 0 Å². The number of para-hydroxylation sites is 1. The van der Waals surface area contributed by atoms with E-state index >= 15 is 0 Å².